The smallest absolute Gasteiger partial charge is 0.321 e. The zero-order chi connectivity index (χ0) is 15.8. The summed E-state index contributed by atoms with van der Waals surface area (Å²) in [6.45, 7) is 2.09. The average molecular weight is 297 g/mol. The van der Waals surface area contributed by atoms with Gasteiger partial charge < -0.3 is 10.4 Å². The molecule has 0 saturated carbocycles. The van der Waals surface area contributed by atoms with Gasteiger partial charge in [-0.25, -0.2) is 0 Å². The highest BCUT2D eigenvalue weighted by Crippen LogP contribution is 2.09. The first kappa shape index (κ1) is 16.2. The third-order valence-electron chi connectivity index (χ3n) is 3.84. The van der Waals surface area contributed by atoms with E-state index in [0.717, 1.165) is 18.4 Å². The minimum absolute atomic E-state index is 0.159. The summed E-state index contributed by atoms with van der Waals surface area (Å²) in [7, 11) is 0. The highest BCUT2D eigenvalue weighted by molar-refractivity contribution is 5.74. The highest BCUT2D eigenvalue weighted by Gasteiger charge is 2.21. The average Bonchev–Trinajstić information content (AvgIpc) is 2.55. The first-order valence-corrected chi connectivity index (χ1v) is 7.75. The summed E-state index contributed by atoms with van der Waals surface area (Å²) < 4.78 is 0. The molecule has 0 amide bonds. The van der Waals surface area contributed by atoms with E-state index in [0.29, 0.717) is 6.42 Å². The van der Waals surface area contributed by atoms with Crippen LogP contribution in [0.5, 0.6) is 0 Å². The van der Waals surface area contributed by atoms with Crippen LogP contribution in [-0.4, -0.2) is 23.2 Å². The van der Waals surface area contributed by atoms with Crippen molar-refractivity contribution >= 4 is 5.97 Å². The molecule has 0 heterocycles. The Balaban J connectivity index is 2.00. The minimum atomic E-state index is -0.796. The fraction of sp³-hybridized carbons (Fsp3) is 0.316. The molecule has 22 heavy (non-hydrogen) atoms. The normalized spacial score (nSPS) is 13.5. The van der Waals surface area contributed by atoms with Crippen LogP contribution in [-0.2, 0) is 17.6 Å². The summed E-state index contributed by atoms with van der Waals surface area (Å²) >= 11 is 0. The summed E-state index contributed by atoms with van der Waals surface area (Å²) in [6.07, 6.45) is 2.24. The lowest BCUT2D eigenvalue weighted by atomic mass is 10.0. The monoisotopic (exact) mass is 297 g/mol. The van der Waals surface area contributed by atoms with Crippen molar-refractivity contribution in [3.05, 3.63) is 71.8 Å². The molecule has 2 rings (SSSR count). The van der Waals surface area contributed by atoms with E-state index < -0.39 is 12.0 Å². The maximum Gasteiger partial charge on any atom is 0.321 e. The van der Waals surface area contributed by atoms with E-state index in [2.05, 4.69) is 24.4 Å². The topological polar surface area (TPSA) is 49.3 Å². The largest absolute Gasteiger partial charge is 0.480 e. The van der Waals surface area contributed by atoms with Crippen LogP contribution in [0.2, 0.25) is 0 Å². The van der Waals surface area contributed by atoms with Gasteiger partial charge in [0.2, 0.25) is 0 Å². The Labute approximate surface area is 132 Å². The van der Waals surface area contributed by atoms with Crippen LogP contribution >= 0.6 is 0 Å². The maximum absolute atomic E-state index is 11.5. The molecule has 2 N–H and O–H groups in total. The van der Waals surface area contributed by atoms with E-state index in [-0.39, 0.29) is 6.04 Å². The lowest BCUT2D eigenvalue weighted by Gasteiger charge is -2.22. The summed E-state index contributed by atoms with van der Waals surface area (Å²) in [5, 5.41) is 12.8. The zero-order valence-corrected chi connectivity index (χ0v) is 12.9. The second kappa shape index (κ2) is 8.35. The van der Waals surface area contributed by atoms with Crippen LogP contribution in [0.15, 0.2) is 60.7 Å². The van der Waals surface area contributed by atoms with E-state index in [1.807, 2.05) is 48.5 Å². The Bertz CT molecular complexity index is 569. The third-order valence-corrected chi connectivity index (χ3v) is 3.84. The number of carboxylic acid groups (broad SMARTS) is 1. The Morgan fingerprint density at radius 2 is 1.45 bits per heavy atom. The van der Waals surface area contributed by atoms with Gasteiger partial charge in [-0.3, -0.25) is 4.79 Å². The summed E-state index contributed by atoms with van der Waals surface area (Å²) in [5.41, 5.74) is 2.27. The van der Waals surface area contributed by atoms with Gasteiger partial charge in [0.15, 0.2) is 0 Å². The van der Waals surface area contributed by atoms with E-state index in [1.54, 1.807) is 0 Å². The maximum atomic E-state index is 11.5. The number of rotatable bonds is 8. The van der Waals surface area contributed by atoms with Gasteiger partial charge in [-0.2, -0.15) is 0 Å². The second-order valence-electron chi connectivity index (χ2n) is 5.54. The molecule has 0 aliphatic carbocycles. The van der Waals surface area contributed by atoms with Crippen LogP contribution in [0.1, 0.15) is 24.5 Å². The fourth-order valence-corrected chi connectivity index (χ4v) is 2.57. The van der Waals surface area contributed by atoms with Gasteiger partial charge in [-0.05, 0) is 30.4 Å². The van der Waals surface area contributed by atoms with Crippen molar-refractivity contribution in [2.24, 2.45) is 0 Å². The predicted molar refractivity (Wildman–Crippen MR) is 88.9 cm³/mol. The molecule has 0 fully saturated rings. The van der Waals surface area contributed by atoms with Crippen molar-refractivity contribution in [3.8, 4) is 0 Å². The Hall–Kier alpha value is -2.13. The fourth-order valence-electron chi connectivity index (χ4n) is 2.57. The molecule has 0 bridgehead atoms. The van der Waals surface area contributed by atoms with Crippen LogP contribution in [0, 0.1) is 0 Å². The van der Waals surface area contributed by atoms with Gasteiger partial charge >= 0.3 is 5.97 Å². The Morgan fingerprint density at radius 3 is 1.91 bits per heavy atom. The SMILES string of the molecule is CCC(Cc1ccccc1)N[C@H](Cc1ccccc1)C(=O)O. The molecule has 0 aliphatic heterocycles. The van der Waals surface area contributed by atoms with Gasteiger partial charge in [-0.15, -0.1) is 0 Å². The van der Waals surface area contributed by atoms with Crippen molar-refractivity contribution in [3.63, 3.8) is 0 Å². The van der Waals surface area contributed by atoms with Crippen molar-refractivity contribution in [1.29, 1.82) is 0 Å². The number of aliphatic carboxylic acids is 1. The minimum Gasteiger partial charge on any atom is -0.480 e. The van der Waals surface area contributed by atoms with Crippen LogP contribution in [0.4, 0.5) is 0 Å². The first-order chi connectivity index (χ1) is 10.7. The number of nitrogens with one attached hydrogen (secondary N) is 1. The molecule has 1 unspecified atom stereocenters. The van der Waals surface area contributed by atoms with Gasteiger partial charge in [0.1, 0.15) is 6.04 Å². The molecule has 0 aliphatic rings. The molecule has 0 saturated heterocycles. The van der Waals surface area contributed by atoms with E-state index in [9.17, 15) is 9.90 Å². The van der Waals surface area contributed by atoms with Gasteiger partial charge in [0.25, 0.3) is 0 Å². The van der Waals surface area contributed by atoms with Crippen molar-refractivity contribution in [2.75, 3.05) is 0 Å². The van der Waals surface area contributed by atoms with Crippen LogP contribution < -0.4 is 5.32 Å². The molecule has 3 heteroatoms. The molecule has 0 spiro atoms. The third kappa shape index (κ3) is 5.01. The molecular weight excluding hydrogens is 274 g/mol. The van der Waals surface area contributed by atoms with Crippen molar-refractivity contribution in [2.45, 2.75) is 38.3 Å². The molecule has 116 valence electrons. The quantitative estimate of drug-likeness (QED) is 0.786. The molecule has 0 radical (unpaired) electrons. The van der Waals surface area contributed by atoms with Crippen molar-refractivity contribution in [1.82, 2.24) is 5.32 Å². The highest BCUT2D eigenvalue weighted by atomic mass is 16.4. The molecule has 0 aromatic heterocycles. The zero-order valence-electron chi connectivity index (χ0n) is 12.9. The Kier molecular flexibility index (Phi) is 6.16. The van der Waals surface area contributed by atoms with Crippen LogP contribution in [0.3, 0.4) is 0 Å². The summed E-state index contributed by atoms with van der Waals surface area (Å²) in [5.74, 6) is -0.796. The van der Waals surface area contributed by atoms with Crippen LogP contribution in [0.25, 0.3) is 0 Å². The number of benzene rings is 2. The van der Waals surface area contributed by atoms with Gasteiger partial charge in [0.05, 0.1) is 0 Å². The molecule has 2 aromatic carbocycles. The number of hydrogen-bond acceptors (Lipinski definition) is 2. The first-order valence-electron chi connectivity index (χ1n) is 7.75. The summed E-state index contributed by atoms with van der Waals surface area (Å²) in [6, 6.07) is 19.5. The van der Waals surface area contributed by atoms with E-state index in [1.165, 1.54) is 5.56 Å². The number of hydrogen-bond donors (Lipinski definition) is 2. The Morgan fingerprint density at radius 1 is 0.955 bits per heavy atom. The lowest BCUT2D eigenvalue weighted by molar-refractivity contribution is -0.139. The van der Waals surface area contributed by atoms with E-state index in [4.69, 9.17) is 0 Å². The lowest BCUT2D eigenvalue weighted by Crippen LogP contribution is -2.45. The van der Waals surface area contributed by atoms with Gasteiger partial charge in [0, 0.05) is 6.04 Å². The molecule has 2 atom stereocenters. The predicted octanol–water partition coefficient (Wildman–Crippen LogP) is 3.29. The number of carboxylic acids is 1. The van der Waals surface area contributed by atoms with Crippen molar-refractivity contribution < 1.29 is 9.90 Å². The second-order valence-corrected chi connectivity index (χ2v) is 5.54. The molecule has 2 aromatic rings. The summed E-state index contributed by atoms with van der Waals surface area (Å²) in [4.78, 5) is 11.5. The standard InChI is InChI=1S/C19H23NO2/c1-2-17(13-15-9-5-3-6-10-15)20-18(19(21)22)14-16-11-7-4-8-12-16/h3-12,17-18,20H,2,13-14H2,1H3,(H,21,22)/t17?,18-/m1/s1. The molecular formula is C19H23NO2. The number of carbonyl (C=O) groups is 1. The van der Waals surface area contributed by atoms with Gasteiger partial charge in [-0.1, -0.05) is 67.6 Å². The van der Waals surface area contributed by atoms with E-state index >= 15 is 0 Å². The molecule has 3 nitrogen and oxygen atoms in total.